The van der Waals surface area contributed by atoms with E-state index in [0.717, 1.165) is 5.92 Å². The minimum Gasteiger partial charge on any atom is -0.343 e. The lowest BCUT2D eigenvalue weighted by Gasteiger charge is -2.42. The second kappa shape index (κ2) is 4.06. The Hall–Kier alpha value is -0.0800. The highest BCUT2D eigenvalue weighted by atomic mass is 16.8. The molecule has 1 saturated heterocycles. The average Bonchev–Trinajstić information content (AvgIpc) is 2.81. The maximum atomic E-state index is 6.21. The molecular formula is C13H24O2. The molecule has 4 unspecified atom stereocenters. The van der Waals surface area contributed by atoms with Gasteiger partial charge in [0.15, 0.2) is 6.29 Å². The summed E-state index contributed by atoms with van der Waals surface area (Å²) >= 11 is 0. The van der Waals surface area contributed by atoms with Crippen molar-refractivity contribution in [2.75, 3.05) is 0 Å². The minimum absolute atomic E-state index is 0.0812. The molecule has 2 fully saturated rings. The standard InChI is InChI=1S/C13H24O2/c1-9(2)13(15-12-11(4)14-12)7-5-6-10(3)8-13/h9-12H,5-8H2,1-4H3. The number of hydrogen-bond acceptors (Lipinski definition) is 2. The molecule has 0 radical (unpaired) electrons. The largest absolute Gasteiger partial charge is 0.343 e. The van der Waals surface area contributed by atoms with Gasteiger partial charge in [-0.05, 0) is 31.6 Å². The van der Waals surface area contributed by atoms with Crippen LogP contribution >= 0.6 is 0 Å². The van der Waals surface area contributed by atoms with Gasteiger partial charge in [-0.3, -0.25) is 0 Å². The SMILES string of the molecule is CC1CCCC(OC2OC2C)(C(C)C)C1. The fourth-order valence-electron chi connectivity index (χ4n) is 2.83. The Labute approximate surface area is 93.3 Å². The topological polar surface area (TPSA) is 21.8 Å². The number of ether oxygens (including phenoxy) is 2. The van der Waals surface area contributed by atoms with Crippen molar-refractivity contribution >= 4 is 0 Å². The second-order valence-corrected chi connectivity index (χ2v) is 5.75. The zero-order valence-electron chi connectivity index (χ0n) is 10.5. The van der Waals surface area contributed by atoms with Crippen LogP contribution in [0.5, 0.6) is 0 Å². The van der Waals surface area contributed by atoms with E-state index in [4.69, 9.17) is 9.47 Å². The van der Waals surface area contributed by atoms with Crippen molar-refractivity contribution in [3.05, 3.63) is 0 Å². The van der Waals surface area contributed by atoms with Crippen molar-refractivity contribution in [1.82, 2.24) is 0 Å². The van der Waals surface area contributed by atoms with E-state index in [0.29, 0.717) is 12.0 Å². The van der Waals surface area contributed by atoms with Crippen LogP contribution < -0.4 is 0 Å². The summed E-state index contributed by atoms with van der Waals surface area (Å²) < 4.78 is 11.6. The molecule has 2 nitrogen and oxygen atoms in total. The quantitative estimate of drug-likeness (QED) is 0.669. The summed E-state index contributed by atoms with van der Waals surface area (Å²) in [7, 11) is 0. The van der Waals surface area contributed by atoms with Crippen molar-refractivity contribution in [1.29, 1.82) is 0 Å². The van der Waals surface area contributed by atoms with Gasteiger partial charge in [-0.1, -0.05) is 33.6 Å². The van der Waals surface area contributed by atoms with Gasteiger partial charge in [-0.2, -0.15) is 0 Å². The van der Waals surface area contributed by atoms with E-state index in [1.165, 1.54) is 25.7 Å². The van der Waals surface area contributed by atoms with Crippen molar-refractivity contribution in [2.24, 2.45) is 11.8 Å². The van der Waals surface area contributed by atoms with Gasteiger partial charge < -0.3 is 9.47 Å². The maximum absolute atomic E-state index is 6.21. The molecule has 0 aromatic heterocycles. The molecular weight excluding hydrogens is 188 g/mol. The Balaban J connectivity index is 2.02. The van der Waals surface area contributed by atoms with Gasteiger partial charge in [0.05, 0.1) is 5.60 Å². The molecule has 1 saturated carbocycles. The first-order valence-corrected chi connectivity index (χ1v) is 6.37. The highest BCUT2D eigenvalue weighted by molar-refractivity contribution is 4.92. The first-order valence-electron chi connectivity index (χ1n) is 6.37. The van der Waals surface area contributed by atoms with E-state index in [9.17, 15) is 0 Å². The molecule has 88 valence electrons. The number of epoxide rings is 1. The molecule has 4 atom stereocenters. The van der Waals surface area contributed by atoms with Crippen molar-refractivity contribution in [3.8, 4) is 0 Å². The van der Waals surface area contributed by atoms with Crippen LogP contribution in [0.15, 0.2) is 0 Å². The molecule has 1 aliphatic carbocycles. The van der Waals surface area contributed by atoms with E-state index in [-0.39, 0.29) is 11.9 Å². The van der Waals surface area contributed by atoms with Crippen molar-refractivity contribution < 1.29 is 9.47 Å². The second-order valence-electron chi connectivity index (χ2n) is 5.75. The molecule has 0 bridgehead atoms. The molecule has 1 aliphatic heterocycles. The van der Waals surface area contributed by atoms with Crippen LogP contribution in [0.25, 0.3) is 0 Å². The summed E-state index contributed by atoms with van der Waals surface area (Å²) in [5, 5.41) is 0. The van der Waals surface area contributed by atoms with Crippen LogP contribution in [0.1, 0.15) is 53.4 Å². The van der Waals surface area contributed by atoms with E-state index >= 15 is 0 Å². The Bertz CT molecular complexity index is 227. The van der Waals surface area contributed by atoms with Gasteiger partial charge in [-0.25, -0.2) is 0 Å². The van der Waals surface area contributed by atoms with E-state index in [1.54, 1.807) is 0 Å². The molecule has 1 heterocycles. The van der Waals surface area contributed by atoms with Crippen LogP contribution in [-0.2, 0) is 9.47 Å². The maximum Gasteiger partial charge on any atom is 0.184 e. The molecule has 0 aromatic rings. The molecule has 0 spiro atoms. The lowest BCUT2D eigenvalue weighted by Crippen LogP contribution is -2.43. The van der Waals surface area contributed by atoms with Gasteiger partial charge >= 0.3 is 0 Å². The van der Waals surface area contributed by atoms with Gasteiger partial charge in [0, 0.05) is 0 Å². The average molecular weight is 212 g/mol. The first kappa shape index (κ1) is 11.4. The van der Waals surface area contributed by atoms with E-state index in [2.05, 4.69) is 27.7 Å². The summed E-state index contributed by atoms with van der Waals surface area (Å²) in [6.45, 7) is 9.00. The summed E-state index contributed by atoms with van der Waals surface area (Å²) in [4.78, 5) is 0. The third kappa shape index (κ3) is 2.36. The molecule has 0 aromatic carbocycles. The fraction of sp³-hybridized carbons (Fsp3) is 1.00. The monoisotopic (exact) mass is 212 g/mol. The Morgan fingerprint density at radius 2 is 2.00 bits per heavy atom. The number of rotatable bonds is 3. The van der Waals surface area contributed by atoms with Crippen LogP contribution in [0.4, 0.5) is 0 Å². The van der Waals surface area contributed by atoms with Crippen molar-refractivity contribution in [3.63, 3.8) is 0 Å². The summed E-state index contributed by atoms with van der Waals surface area (Å²) in [5.74, 6) is 1.40. The Morgan fingerprint density at radius 3 is 2.47 bits per heavy atom. The van der Waals surface area contributed by atoms with Gasteiger partial charge in [0.1, 0.15) is 6.10 Å². The van der Waals surface area contributed by atoms with Crippen molar-refractivity contribution in [2.45, 2.75) is 71.4 Å². The minimum atomic E-state index is 0.0812. The molecule has 0 amide bonds. The summed E-state index contributed by atoms with van der Waals surface area (Å²) in [5.41, 5.74) is 0.0904. The number of hydrogen-bond donors (Lipinski definition) is 0. The lowest BCUT2D eigenvalue weighted by atomic mass is 9.73. The fourth-order valence-corrected chi connectivity index (χ4v) is 2.83. The normalized spacial score (nSPS) is 45.8. The highest BCUT2D eigenvalue weighted by Crippen LogP contribution is 2.43. The molecule has 15 heavy (non-hydrogen) atoms. The first-order chi connectivity index (χ1) is 7.03. The molecule has 2 rings (SSSR count). The van der Waals surface area contributed by atoms with Crippen LogP contribution in [0.3, 0.4) is 0 Å². The van der Waals surface area contributed by atoms with Crippen LogP contribution in [0.2, 0.25) is 0 Å². The van der Waals surface area contributed by atoms with Gasteiger partial charge in [-0.15, -0.1) is 0 Å². The smallest absolute Gasteiger partial charge is 0.184 e. The van der Waals surface area contributed by atoms with E-state index < -0.39 is 0 Å². The molecule has 2 heteroatoms. The third-order valence-electron chi connectivity index (χ3n) is 4.05. The lowest BCUT2D eigenvalue weighted by molar-refractivity contribution is -0.144. The third-order valence-corrected chi connectivity index (χ3v) is 4.05. The van der Waals surface area contributed by atoms with E-state index in [1.807, 2.05) is 0 Å². The predicted octanol–water partition coefficient (Wildman–Crippen LogP) is 3.35. The summed E-state index contributed by atoms with van der Waals surface area (Å²) in [6, 6.07) is 0. The Morgan fingerprint density at radius 1 is 1.33 bits per heavy atom. The van der Waals surface area contributed by atoms with Crippen LogP contribution in [0, 0.1) is 11.8 Å². The zero-order chi connectivity index (χ0) is 11.1. The zero-order valence-corrected chi connectivity index (χ0v) is 10.5. The van der Waals surface area contributed by atoms with Gasteiger partial charge in [0.25, 0.3) is 0 Å². The molecule has 0 N–H and O–H groups in total. The molecule has 2 aliphatic rings. The van der Waals surface area contributed by atoms with Gasteiger partial charge in [0.2, 0.25) is 0 Å². The summed E-state index contributed by atoms with van der Waals surface area (Å²) in [6.07, 6.45) is 5.48. The highest BCUT2D eigenvalue weighted by Gasteiger charge is 2.46. The van der Waals surface area contributed by atoms with Crippen LogP contribution in [-0.4, -0.2) is 18.0 Å². The Kier molecular flexibility index (Phi) is 3.09. The predicted molar refractivity (Wildman–Crippen MR) is 60.6 cm³/mol.